The Morgan fingerprint density at radius 2 is 2.17 bits per heavy atom. The number of hydrazone groups is 1. The van der Waals surface area contributed by atoms with Crippen LogP contribution in [-0.2, 0) is 10.9 Å². The van der Waals surface area contributed by atoms with E-state index in [4.69, 9.17) is 11.6 Å². The van der Waals surface area contributed by atoms with E-state index in [2.05, 4.69) is 25.2 Å². The Morgan fingerprint density at radius 1 is 1.42 bits per heavy atom. The number of rotatable bonds is 4. The highest BCUT2D eigenvalue weighted by Crippen LogP contribution is 2.31. The van der Waals surface area contributed by atoms with Crippen molar-refractivity contribution in [2.45, 2.75) is 6.18 Å². The van der Waals surface area contributed by atoms with E-state index in [1.165, 1.54) is 6.21 Å². The molecular formula is C14H10ClF3N4O2. The zero-order valence-corrected chi connectivity index (χ0v) is 12.9. The van der Waals surface area contributed by atoms with E-state index in [1.807, 2.05) is 0 Å². The Balaban J connectivity index is 2.24. The zero-order valence-electron chi connectivity index (χ0n) is 12.1. The summed E-state index contributed by atoms with van der Waals surface area (Å²) < 4.78 is 43.2. The molecule has 0 fully saturated rings. The van der Waals surface area contributed by atoms with Crippen LogP contribution < -0.4 is 5.43 Å². The molecule has 0 radical (unpaired) electrons. The van der Waals surface area contributed by atoms with Gasteiger partial charge in [-0.1, -0.05) is 23.7 Å². The number of benzene rings is 1. The number of halogens is 4. The first-order valence-electron chi connectivity index (χ1n) is 6.38. The molecule has 6 nitrogen and oxygen atoms in total. The number of hydrogen-bond acceptors (Lipinski definition) is 6. The highest BCUT2D eigenvalue weighted by molar-refractivity contribution is 6.30. The molecule has 0 aliphatic rings. The maximum Gasteiger partial charge on any atom is 0.434 e. The summed E-state index contributed by atoms with van der Waals surface area (Å²) in [6, 6.07) is 6.65. The predicted molar refractivity (Wildman–Crippen MR) is 81.0 cm³/mol. The number of alkyl halides is 3. The van der Waals surface area contributed by atoms with Gasteiger partial charge in [0.05, 0.1) is 13.3 Å². The third kappa shape index (κ3) is 4.42. The third-order valence-electron chi connectivity index (χ3n) is 2.69. The zero-order chi connectivity index (χ0) is 17.7. The number of nitrogens with zero attached hydrogens (tertiary/aromatic N) is 3. The Bertz CT molecular complexity index is 781. The van der Waals surface area contributed by atoms with Crippen molar-refractivity contribution in [2.75, 3.05) is 12.5 Å². The quantitative estimate of drug-likeness (QED) is 0.515. The molecule has 1 N–H and O–H groups in total. The first-order chi connectivity index (χ1) is 11.3. The topological polar surface area (TPSA) is 76.5 Å². The second-order valence-electron chi connectivity index (χ2n) is 4.37. The van der Waals surface area contributed by atoms with Gasteiger partial charge in [0.1, 0.15) is 5.56 Å². The molecule has 2 rings (SSSR count). The molecule has 0 unspecified atom stereocenters. The van der Waals surface area contributed by atoms with Crippen molar-refractivity contribution in [1.82, 2.24) is 9.97 Å². The van der Waals surface area contributed by atoms with Crippen molar-refractivity contribution < 1.29 is 22.7 Å². The second kappa shape index (κ2) is 7.26. The summed E-state index contributed by atoms with van der Waals surface area (Å²) in [7, 11) is 0.962. The minimum Gasteiger partial charge on any atom is -0.465 e. The van der Waals surface area contributed by atoms with Gasteiger partial charge in [0.25, 0.3) is 0 Å². The number of aromatic nitrogens is 2. The summed E-state index contributed by atoms with van der Waals surface area (Å²) in [5, 5.41) is 4.21. The average Bonchev–Trinajstić information content (AvgIpc) is 2.53. The Morgan fingerprint density at radius 3 is 2.79 bits per heavy atom. The fourth-order valence-corrected chi connectivity index (χ4v) is 1.86. The van der Waals surface area contributed by atoms with Gasteiger partial charge >= 0.3 is 12.1 Å². The lowest BCUT2D eigenvalue weighted by atomic mass is 10.2. The van der Waals surface area contributed by atoms with Crippen LogP contribution in [0.4, 0.5) is 19.1 Å². The molecule has 24 heavy (non-hydrogen) atoms. The molecule has 0 aliphatic heterocycles. The maximum absolute atomic E-state index is 13.0. The SMILES string of the molecule is COC(=O)c1cnc(NN=Cc2cccc(Cl)c2)nc1C(F)(F)F. The predicted octanol–water partition coefficient (Wildman–Crippen LogP) is 3.38. The summed E-state index contributed by atoms with van der Waals surface area (Å²) in [4.78, 5) is 18.2. The molecule has 1 aromatic carbocycles. The molecule has 1 heterocycles. The Hall–Kier alpha value is -2.68. The van der Waals surface area contributed by atoms with Gasteiger partial charge in [-0.3, -0.25) is 0 Å². The fourth-order valence-electron chi connectivity index (χ4n) is 1.66. The molecule has 126 valence electrons. The van der Waals surface area contributed by atoms with E-state index >= 15 is 0 Å². The Kier molecular flexibility index (Phi) is 5.35. The fraction of sp³-hybridized carbons (Fsp3) is 0.143. The molecule has 0 spiro atoms. The van der Waals surface area contributed by atoms with E-state index in [-0.39, 0.29) is 0 Å². The van der Waals surface area contributed by atoms with E-state index in [0.717, 1.165) is 13.3 Å². The highest BCUT2D eigenvalue weighted by atomic mass is 35.5. The molecule has 10 heteroatoms. The van der Waals surface area contributed by atoms with E-state index < -0.39 is 29.4 Å². The number of anilines is 1. The summed E-state index contributed by atoms with van der Waals surface area (Å²) in [6.45, 7) is 0. The lowest BCUT2D eigenvalue weighted by molar-refractivity contribution is -0.141. The van der Waals surface area contributed by atoms with Crippen LogP contribution in [0, 0.1) is 0 Å². The largest absolute Gasteiger partial charge is 0.465 e. The van der Waals surface area contributed by atoms with Gasteiger partial charge < -0.3 is 4.74 Å². The molecule has 0 bridgehead atoms. The number of nitrogens with one attached hydrogen (secondary N) is 1. The van der Waals surface area contributed by atoms with Crippen molar-refractivity contribution in [3.8, 4) is 0 Å². The smallest absolute Gasteiger partial charge is 0.434 e. The van der Waals surface area contributed by atoms with Crippen LogP contribution in [-0.4, -0.2) is 29.3 Å². The first-order valence-corrected chi connectivity index (χ1v) is 6.76. The number of hydrogen-bond donors (Lipinski definition) is 1. The van der Waals surface area contributed by atoms with Crippen LogP contribution in [0.2, 0.25) is 5.02 Å². The number of carbonyl (C=O) groups is 1. The van der Waals surface area contributed by atoms with E-state index in [9.17, 15) is 18.0 Å². The highest BCUT2D eigenvalue weighted by Gasteiger charge is 2.38. The molecule has 0 saturated carbocycles. The van der Waals surface area contributed by atoms with Crippen LogP contribution in [0.3, 0.4) is 0 Å². The van der Waals surface area contributed by atoms with Crippen LogP contribution in [0.25, 0.3) is 0 Å². The number of methoxy groups -OCH3 is 1. The molecular weight excluding hydrogens is 349 g/mol. The van der Waals surface area contributed by atoms with Crippen molar-refractivity contribution in [1.29, 1.82) is 0 Å². The average molecular weight is 359 g/mol. The van der Waals surface area contributed by atoms with Gasteiger partial charge in [-0.25, -0.2) is 20.2 Å². The summed E-state index contributed by atoms with van der Waals surface area (Å²) >= 11 is 5.80. The van der Waals surface area contributed by atoms with Crippen molar-refractivity contribution >= 4 is 29.7 Å². The molecule has 1 aromatic heterocycles. The summed E-state index contributed by atoms with van der Waals surface area (Å²) in [6.07, 6.45) is -2.80. The lowest BCUT2D eigenvalue weighted by Gasteiger charge is -2.10. The van der Waals surface area contributed by atoms with Crippen LogP contribution >= 0.6 is 11.6 Å². The van der Waals surface area contributed by atoms with Gasteiger partial charge in [-0.05, 0) is 17.7 Å². The van der Waals surface area contributed by atoms with Gasteiger partial charge in [-0.2, -0.15) is 18.3 Å². The van der Waals surface area contributed by atoms with E-state index in [1.54, 1.807) is 24.3 Å². The molecule has 0 atom stereocenters. The monoisotopic (exact) mass is 358 g/mol. The maximum atomic E-state index is 13.0. The van der Waals surface area contributed by atoms with Crippen molar-refractivity contribution in [2.24, 2.45) is 5.10 Å². The minimum absolute atomic E-state index is 0.423. The van der Waals surface area contributed by atoms with Crippen LogP contribution in [0.5, 0.6) is 0 Å². The van der Waals surface area contributed by atoms with Crippen molar-refractivity contribution in [3.63, 3.8) is 0 Å². The molecule has 0 amide bonds. The lowest BCUT2D eigenvalue weighted by Crippen LogP contribution is -2.18. The first kappa shape index (κ1) is 17.7. The number of ether oxygens (including phenoxy) is 1. The van der Waals surface area contributed by atoms with Crippen LogP contribution in [0.15, 0.2) is 35.6 Å². The Labute approximate surface area is 139 Å². The molecule has 0 saturated heterocycles. The van der Waals surface area contributed by atoms with Gasteiger partial charge in [0, 0.05) is 11.2 Å². The molecule has 0 aliphatic carbocycles. The van der Waals surface area contributed by atoms with Gasteiger partial charge in [-0.15, -0.1) is 0 Å². The second-order valence-corrected chi connectivity index (χ2v) is 4.81. The molecule has 2 aromatic rings. The summed E-state index contributed by atoms with van der Waals surface area (Å²) in [5.41, 5.74) is 0.688. The number of esters is 1. The standard InChI is InChI=1S/C14H10ClF3N4O2/c1-24-12(23)10-7-19-13(21-11(10)14(16,17)18)22-20-6-8-3-2-4-9(15)5-8/h2-7H,1H3,(H,19,21,22). The normalized spacial score (nSPS) is 11.5. The number of carbonyl (C=O) groups excluding carboxylic acids is 1. The summed E-state index contributed by atoms with van der Waals surface area (Å²) in [5.74, 6) is -1.61. The minimum atomic E-state index is -4.85. The third-order valence-corrected chi connectivity index (χ3v) is 2.92. The van der Waals surface area contributed by atoms with Crippen molar-refractivity contribution in [3.05, 3.63) is 52.3 Å². The van der Waals surface area contributed by atoms with E-state index in [0.29, 0.717) is 10.6 Å². The van der Waals surface area contributed by atoms with Gasteiger partial charge in [0.2, 0.25) is 5.95 Å². The van der Waals surface area contributed by atoms with Crippen LogP contribution in [0.1, 0.15) is 21.6 Å². The van der Waals surface area contributed by atoms with Gasteiger partial charge in [0.15, 0.2) is 5.69 Å².